The van der Waals surface area contributed by atoms with Crippen LogP contribution in [-0.2, 0) is 16.0 Å². The zero-order valence-electron chi connectivity index (χ0n) is 10.8. The third kappa shape index (κ3) is 4.40. The van der Waals surface area contributed by atoms with E-state index in [1.165, 1.54) is 4.90 Å². The molecule has 1 aromatic carbocycles. The molecule has 19 heavy (non-hydrogen) atoms. The van der Waals surface area contributed by atoms with Gasteiger partial charge in [0.1, 0.15) is 0 Å². The van der Waals surface area contributed by atoms with E-state index >= 15 is 0 Å². The smallest absolute Gasteiger partial charge is 0.237 e. The second kappa shape index (κ2) is 6.78. The van der Waals surface area contributed by atoms with Gasteiger partial charge >= 0.3 is 0 Å². The molecule has 0 aromatic heterocycles. The minimum Gasteiger partial charge on any atom is -0.368 e. The molecular weight excluding hydrogens is 287 g/mol. The van der Waals surface area contributed by atoms with Crippen molar-refractivity contribution in [3.63, 3.8) is 0 Å². The Balaban J connectivity index is 2.90. The van der Waals surface area contributed by atoms with Crippen molar-refractivity contribution in [2.45, 2.75) is 26.3 Å². The highest BCUT2D eigenvalue weighted by Crippen LogP contribution is 2.25. The molecule has 0 aliphatic carbocycles. The van der Waals surface area contributed by atoms with Gasteiger partial charge in [-0.3, -0.25) is 9.59 Å². The summed E-state index contributed by atoms with van der Waals surface area (Å²) in [6.07, 6.45) is 0.0456. The van der Waals surface area contributed by atoms with E-state index in [-0.39, 0.29) is 24.9 Å². The van der Waals surface area contributed by atoms with E-state index in [1.54, 1.807) is 18.2 Å². The van der Waals surface area contributed by atoms with Crippen molar-refractivity contribution in [1.29, 1.82) is 0 Å². The number of primary amides is 1. The molecule has 2 amide bonds. The largest absolute Gasteiger partial charge is 0.368 e. The van der Waals surface area contributed by atoms with Crippen LogP contribution in [0.1, 0.15) is 19.4 Å². The van der Waals surface area contributed by atoms with Gasteiger partial charge in [-0.2, -0.15) is 0 Å². The summed E-state index contributed by atoms with van der Waals surface area (Å²) in [6, 6.07) is 4.93. The number of benzene rings is 1. The number of rotatable bonds is 5. The maximum absolute atomic E-state index is 12.2. The van der Waals surface area contributed by atoms with Crippen molar-refractivity contribution < 1.29 is 9.59 Å². The normalized spacial score (nSPS) is 10.6. The van der Waals surface area contributed by atoms with Crippen molar-refractivity contribution in [2.75, 3.05) is 6.54 Å². The van der Waals surface area contributed by atoms with E-state index in [2.05, 4.69) is 0 Å². The monoisotopic (exact) mass is 302 g/mol. The summed E-state index contributed by atoms with van der Waals surface area (Å²) < 4.78 is 0. The van der Waals surface area contributed by atoms with Gasteiger partial charge in [-0.05, 0) is 31.5 Å². The number of nitrogens with two attached hydrogens (primary N) is 1. The molecule has 0 saturated carbocycles. The molecule has 1 rings (SSSR count). The quantitative estimate of drug-likeness (QED) is 0.907. The fourth-order valence-corrected chi connectivity index (χ4v) is 2.21. The van der Waals surface area contributed by atoms with Gasteiger partial charge in [-0.1, -0.05) is 29.3 Å². The third-order valence-corrected chi connectivity index (χ3v) is 3.37. The van der Waals surface area contributed by atoms with Crippen molar-refractivity contribution in [3.8, 4) is 0 Å². The van der Waals surface area contributed by atoms with E-state index in [0.29, 0.717) is 15.6 Å². The number of carbonyl (C=O) groups excluding carboxylic acids is 2. The van der Waals surface area contributed by atoms with Gasteiger partial charge in [0, 0.05) is 16.1 Å². The molecule has 0 radical (unpaired) electrons. The summed E-state index contributed by atoms with van der Waals surface area (Å²) >= 11 is 12.0. The summed E-state index contributed by atoms with van der Waals surface area (Å²) in [5.41, 5.74) is 5.70. The van der Waals surface area contributed by atoms with Crippen LogP contribution in [0.15, 0.2) is 18.2 Å². The van der Waals surface area contributed by atoms with E-state index in [9.17, 15) is 9.59 Å². The molecule has 4 nitrogen and oxygen atoms in total. The SMILES string of the molecule is CC(C)N(CC(N)=O)C(=O)Cc1c(Cl)cccc1Cl. The highest BCUT2D eigenvalue weighted by atomic mass is 35.5. The Labute approximate surface area is 122 Å². The minimum absolute atomic E-state index is 0.0456. The standard InChI is InChI=1S/C13H16Cl2N2O2/c1-8(2)17(7-12(16)18)13(19)6-9-10(14)4-3-5-11(9)15/h3-5,8H,6-7H2,1-2H3,(H2,16,18). The molecular formula is C13H16Cl2N2O2. The fraction of sp³-hybridized carbons (Fsp3) is 0.385. The lowest BCUT2D eigenvalue weighted by Crippen LogP contribution is -2.43. The molecule has 0 unspecified atom stereocenters. The van der Waals surface area contributed by atoms with Gasteiger partial charge < -0.3 is 10.6 Å². The third-order valence-electron chi connectivity index (χ3n) is 2.66. The second-order valence-electron chi connectivity index (χ2n) is 4.46. The number of amides is 2. The van der Waals surface area contributed by atoms with Crippen molar-refractivity contribution >= 4 is 35.0 Å². The fourth-order valence-electron chi connectivity index (χ4n) is 1.68. The summed E-state index contributed by atoms with van der Waals surface area (Å²) in [6.45, 7) is 3.52. The lowest BCUT2D eigenvalue weighted by Gasteiger charge is -2.25. The van der Waals surface area contributed by atoms with E-state index in [4.69, 9.17) is 28.9 Å². The molecule has 0 atom stereocenters. The average molecular weight is 303 g/mol. The summed E-state index contributed by atoms with van der Waals surface area (Å²) in [5, 5.41) is 0.868. The molecule has 0 aliphatic heterocycles. The molecule has 0 saturated heterocycles. The Morgan fingerprint density at radius 3 is 2.21 bits per heavy atom. The minimum atomic E-state index is -0.549. The zero-order chi connectivity index (χ0) is 14.6. The van der Waals surface area contributed by atoms with Gasteiger partial charge in [0.2, 0.25) is 11.8 Å². The van der Waals surface area contributed by atoms with Gasteiger partial charge in [-0.15, -0.1) is 0 Å². The Morgan fingerprint density at radius 1 is 1.26 bits per heavy atom. The number of halogens is 2. The maximum atomic E-state index is 12.2. The highest BCUT2D eigenvalue weighted by molar-refractivity contribution is 6.36. The molecule has 0 bridgehead atoms. The van der Waals surface area contributed by atoms with E-state index < -0.39 is 5.91 Å². The molecule has 1 aromatic rings. The van der Waals surface area contributed by atoms with Crippen LogP contribution in [-0.4, -0.2) is 29.3 Å². The first-order valence-electron chi connectivity index (χ1n) is 5.83. The Hall–Kier alpha value is -1.26. The van der Waals surface area contributed by atoms with E-state index in [1.807, 2.05) is 13.8 Å². The van der Waals surface area contributed by atoms with Crippen LogP contribution in [0.2, 0.25) is 10.0 Å². The van der Waals surface area contributed by atoms with Crippen molar-refractivity contribution in [2.24, 2.45) is 5.73 Å². The van der Waals surface area contributed by atoms with Crippen LogP contribution >= 0.6 is 23.2 Å². The molecule has 0 heterocycles. The molecule has 0 aliphatic rings. The molecule has 6 heteroatoms. The number of hydrogen-bond acceptors (Lipinski definition) is 2. The van der Waals surface area contributed by atoms with Gasteiger partial charge in [-0.25, -0.2) is 0 Å². The van der Waals surface area contributed by atoms with Gasteiger partial charge in [0.25, 0.3) is 0 Å². The van der Waals surface area contributed by atoms with Crippen LogP contribution in [0, 0.1) is 0 Å². The Bertz CT molecular complexity index is 469. The predicted octanol–water partition coefficient (Wildman–Crippen LogP) is 2.26. The van der Waals surface area contributed by atoms with Crippen LogP contribution in [0.25, 0.3) is 0 Å². The van der Waals surface area contributed by atoms with Crippen molar-refractivity contribution in [3.05, 3.63) is 33.8 Å². The summed E-state index contributed by atoms with van der Waals surface area (Å²) in [4.78, 5) is 24.6. The second-order valence-corrected chi connectivity index (χ2v) is 5.27. The van der Waals surface area contributed by atoms with Crippen LogP contribution in [0.4, 0.5) is 0 Å². The Kier molecular flexibility index (Phi) is 5.63. The summed E-state index contributed by atoms with van der Waals surface area (Å²) in [7, 11) is 0. The number of nitrogens with zero attached hydrogens (tertiary/aromatic N) is 1. The first-order valence-corrected chi connectivity index (χ1v) is 6.59. The first kappa shape index (κ1) is 15.8. The van der Waals surface area contributed by atoms with Crippen LogP contribution in [0.5, 0.6) is 0 Å². The summed E-state index contributed by atoms with van der Waals surface area (Å²) in [5.74, 6) is -0.781. The first-order chi connectivity index (χ1) is 8.82. The number of carbonyl (C=O) groups is 2. The van der Waals surface area contributed by atoms with Crippen LogP contribution in [0.3, 0.4) is 0 Å². The predicted molar refractivity (Wildman–Crippen MR) is 76.2 cm³/mol. The van der Waals surface area contributed by atoms with Crippen LogP contribution < -0.4 is 5.73 Å². The highest BCUT2D eigenvalue weighted by Gasteiger charge is 2.21. The van der Waals surface area contributed by atoms with E-state index in [0.717, 1.165) is 0 Å². The zero-order valence-corrected chi connectivity index (χ0v) is 12.3. The number of hydrogen-bond donors (Lipinski definition) is 1. The molecule has 104 valence electrons. The lowest BCUT2D eigenvalue weighted by atomic mass is 10.1. The Morgan fingerprint density at radius 2 is 1.79 bits per heavy atom. The molecule has 0 spiro atoms. The maximum Gasteiger partial charge on any atom is 0.237 e. The van der Waals surface area contributed by atoms with Crippen molar-refractivity contribution in [1.82, 2.24) is 4.90 Å². The lowest BCUT2D eigenvalue weighted by molar-refractivity contribution is -0.136. The molecule has 2 N–H and O–H groups in total. The van der Waals surface area contributed by atoms with Gasteiger partial charge in [0.15, 0.2) is 0 Å². The average Bonchev–Trinajstić information content (AvgIpc) is 2.30. The molecule has 0 fully saturated rings. The van der Waals surface area contributed by atoms with Gasteiger partial charge in [0.05, 0.1) is 13.0 Å². The topological polar surface area (TPSA) is 63.4 Å².